The van der Waals surface area contributed by atoms with Gasteiger partial charge in [0.2, 0.25) is 0 Å². The number of benzene rings is 2. The molecule has 134 valence electrons. The van der Waals surface area contributed by atoms with Crippen molar-refractivity contribution >= 4 is 33.9 Å². The Morgan fingerprint density at radius 2 is 1.88 bits per heavy atom. The van der Waals surface area contributed by atoms with Crippen LogP contribution in [0.15, 0.2) is 36.4 Å². The first-order valence-corrected chi connectivity index (χ1v) is 9.04. The summed E-state index contributed by atoms with van der Waals surface area (Å²) in [5, 5.41) is 14.0. The van der Waals surface area contributed by atoms with E-state index in [1.54, 1.807) is 0 Å². The minimum absolute atomic E-state index is 0.194. The van der Waals surface area contributed by atoms with Gasteiger partial charge in [0.05, 0.1) is 6.61 Å². The zero-order valence-corrected chi connectivity index (χ0v) is 15.6. The van der Waals surface area contributed by atoms with Crippen LogP contribution in [0, 0.1) is 5.92 Å². The van der Waals surface area contributed by atoms with Gasteiger partial charge < -0.3 is 15.2 Å². The van der Waals surface area contributed by atoms with E-state index < -0.39 is 5.97 Å². The van der Waals surface area contributed by atoms with E-state index in [1.807, 2.05) is 36.4 Å². The Morgan fingerprint density at radius 3 is 2.56 bits per heavy atom. The van der Waals surface area contributed by atoms with E-state index in [0.29, 0.717) is 30.5 Å². The molecule has 0 aliphatic rings. The second kappa shape index (κ2) is 9.37. The maximum Gasteiger partial charge on any atom is 0.303 e. The lowest BCUT2D eigenvalue weighted by atomic mass is 10.0. The molecule has 0 spiro atoms. The third-order valence-corrected chi connectivity index (χ3v) is 4.17. The number of hydrogen-bond donors (Lipinski definition) is 2. The molecule has 0 radical (unpaired) electrons. The minimum Gasteiger partial charge on any atom is -0.493 e. The maximum absolute atomic E-state index is 10.5. The molecule has 5 heteroatoms. The largest absolute Gasteiger partial charge is 0.493 e. The van der Waals surface area contributed by atoms with Crippen LogP contribution in [0.3, 0.4) is 0 Å². The highest BCUT2D eigenvalue weighted by Crippen LogP contribution is 2.29. The highest BCUT2D eigenvalue weighted by Gasteiger charge is 2.10. The molecule has 2 aromatic carbocycles. The number of thiocarbonyl (C=S) groups is 1. The van der Waals surface area contributed by atoms with Crippen LogP contribution in [0.25, 0.3) is 10.8 Å². The lowest BCUT2D eigenvalue weighted by Gasteiger charge is -2.15. The fourth-order valence-electron chi connectivity index (χ4n) is 2.55. The number of carboxylic acids is 1. The smallest absolute Gasteiger partial charge is 0.303 e. The summed E-state index contributed by atoms with van der Waals surface area (Å²) in [5.41, 5.74) is 0.973. The molecule has 0 unspecified atom stereocenters. The summed E-state index contributed by atoms with van der Waals surface area (Å²) in [6, 6.07) is 12.0. The molecule has 0 saturated heterocycles. The third-order valence-electron chi connectivity index (χ3n) is 3.80. The Morgan fingerprint density at radius 1 is 1.16 bits per heavy atom. The maximum atomic E-state index is 10.5. The number of ether oxygens (including phenoxy) is 1. The van der Waals surface area contributed by atoms with Gasteiger partial charge in [-0.2, -0.15) is 0 Å². The summed E-state index contributed by atoms with van der Waals surface area (Å²) >= 11 is 5.53. The van der Waals surface area contributed by atoms with E-state index >= 15 is 0 Å². The Hall–Kier alpha value is -2.14. The second-order valence-corrected chi connectivity index (χ2v) is 6.88. The van der Waals surface area contributed by atoms with E-state index in [1.165, 1.54) is 0 Å². The molecular weight excluding hydrogens is 334 g/mol. The first-order chi connectivity index (χ1) is 12.0. The summed E-state index contributed by atoms with van der Waals surface area (Å²) in [6.45, 7) is 5.60. The third kappa shape index (κ3) is 5.71. The van der Waals surface area contributed by atoms with Crippen molar-refractivity contribution < 1.29 is 14.6 Å². The van der Waals surface area contributed by atoms with Gasteiger partial charge in [-0.25, -0.2) is 0 Å². The van der Waals surface area contributed by atoms with E-state index in [2.05, 4.69) is 19.2 Å². The summed E-state index contributed by atoms with van der Waals surface area (Å²) in [4.78, 5) is 11.2. The number of carboxylic acid groups (broad SMARTS) is 1. The van der Waals surface area contributed by atoms with Gasteiger partial charge in [0.15, 0.2) is 0 Å². The molecule has 0 amide bonds. The van der Waals surface area contributed by atoms with E-state index in [0.717, 1.165) is 28.5 Å². The highest BCUT2D eigenvalue weighted by molar-refractivity contribution is 7.80. The SMILES string of the molecule is CC(C)COc1ccc(C(=S)NCCCCC(=O)O)c2ccccc12. The molecule has 0 heterocycles. The summed E-state index contributed by atoms with van der Waals surface area (Å²) in [5.74, 6) is 0.579. The average Bonchev–Trinajstić information content (AvgIpc) is 2.58. The molecule has 0 fully saturated rings. The lowest BCUT2D eigenvalue weighted by molar-refractivity contribution is -0.137. The molecule has 0 aromatic heterocycles. The molecule has 0 atom stereocenters. The van der Waals surface area contributed by atoms with Gasteiger partial charge in [-0.05, 0) is 36.3 Å². The quantitative estimate of drug-likeness (QED) is 0.513. The number of carbonyl (C=O) groups is 1. The zero-order valence-electron chi connectivity index (χ0n) is 14.7. The Labute approximate surface area is 154 Å². The van der Waals surface area contributed by atoms with Crippen LogP contribution in [0.4, 0.5) is 0 Å². The average molecular weight is 359 g/mol. The van der Waals surface area contributed by atoms with Crippen molar-refractivity contribution in [3.8, 4) is 5.75 Å². The van der Waals surface area contributed by atoms with Crippen LogP contribution < -0.4 is 10.1 Å². The van der Waals surface area contributed by atoms with Gasteiger partial charge in [-0.1, -0.05) is 50.3 Å². The molecular formula is C20H25NO3S. The van der Waals surface area contributed by atoms with Crippen LogP contribution in [-0.4, -0.2) is 29.2 Å². The first kappa shape index (κ1) is 19.2. The Bertz CT molecular complexity index is 743. The van der Waals surface area contributed by atoms with Gasteiger partial charge in [0, 0.05) is 23.9 Å². The van der Waals surface area contributed by atoms with Crippen LogP contribution in [0.2, 0.25) is 0 Å². The Kier molecular flexibility index (Phi) is 7.19. The van der Waals surface area contributed by atoms with Crippen LogP contribution in [0.5, 0.6) is 5.75 Å². The van der Waals surface area contributed by atoms with Gasteiger partial charge in [0.1, 0.15) is 10.7 Å². The normalized spacial score (nSPS) is 10.8. The van der Waals surface area contributed by atoms with Crippen LogP contribution in [-0.2, 0) is 4.79 Å². The van der Waals surface area contributed by atoms with Crippen molar-refractivity contribution in [2.45, 2.75) is 33.1 Å². The minimum atomic E-state index is -0.759. The van der Waals surface area contributed by atoms with Gasteiger partial charge in [-0.3, -0.25) is 4.79 Å². The van der Waals surface area contributed by atoms with E-state index in [4.69, 9.17) is 22.1 Å². The molecule has 0 aliphatic carbocycles. The van der Waals surface area contributed by atoms with Gasteiger partial charge in [0.25, 0.3) is 0 Å². The van der Waals surface area contributed by atoms with Crippen molar-refractivity contribution in [1.82, 2.24) is 5.32 Å². The lowest BCUT2D eigenvalue weighted by Crippen LogP contribution is -2.23. The molecule has 2 N–H and O–H groups in total. The summed E-state index contributed by atoms with van der Waals surface area (Å²) < 4.78 is 5.93. The number of rotatable bonds is 9. The molecule has 25 heavy (non-hydrogen) atoms. The first-order valence-electron chi connectivity index (χ1n) is 8.63. The fraction of sp³-hybridized carbons (Fsp3) is 0.400. The van der Waals surface area contributed by atoms with Crippen LogP contribution >= 0.6 is 12.2 Å². The van der Waals surface area contributed by atoms with Crippen molar-refractivity contribution in [2.24, 2.45) is 5.92 Å². The van der Waals surface area contributed by atoms with Crippen molar-refractivity contribution in [3.63, 3.8) is 0 Å². The molecule has 0 saturated carbocycles. The molecule has 0 bridgehead atoms. The van der Waals surface area contributed by atoms with Crippen LogP contribution in [0.1, 0.15) is 38.7 Å². The highest BCUT2D eigenvalue weighted by atomic mass is 32.1. The standard InChI is InChI=1S/C20H25NO3S/c1-14(2)13-24-18-11-10-17(15-7-3-4-8-16(15)18)20(25)21-12-6-5-9-19(22)23/h3-4,7-8,10-11,14H,5-6,9,12-13H2,1-2H3,(H,21,25)(H,22,23). The summed E-state index contributed by atoms with van der Waals surface area (Å²) in [7, 11) is 0. The predicted octanol–water partition coefficient (Wildman–Crippen LogP) is 4.39. The second-order valence-electron chi connectivity index (χ2n) is 6.47. The Balaban J connectivity index is 2.09. The number of unbranched alkanes of at least 4 members (excludes halogenated alkanes) is 1. The molecule has 0 aliphatic heterocycles. The van der Waals surface area contributed by atoms with Crippen molar-refractivity contribution in [3.05, 3.63) is 42.0 Å². The number of aliphatic carboxylic acids is 1. The van der Waals surface area contributed by atoms with Crippen molar-refractivity contribution in [2.75, 3.05) is 13.2 Å². The van der Waals surface area contributed by atoms with E-state index in [-0.39, 0.29) is 6.42 Å². The zero-order chi connectivity index (χ0) is 18.2. The van der Waals surface area contributed by atoms with Crippen molar-refractivity contribution in [1.29, 1.82) is 0 Å². The fourth-order valence-corrected chi connectivity index (χ4v) is 2.83. The van der Waals surface area contributed by atoms with Gasteiger partial charge >= 0.3 is 5.97 Å². The molecule has 2 aromatic rings. The summed E-state index contributed by atoms with van der Waals surface area (Å²) in [6.07, 6.45) is 1.62. The number of nitrogens with one attached hydrogen (secondary N) is 1. The number of hydrogen-bond acceptors (Lipinski definition) is 3. The molecule has 2 rings (SSSR count). The topological polar surface area (TPSA) is 58.6 Å². The molecule has 4 nitrogen and oxygen atoms in total. The van der Waals surface area contributed by atoms with E-state index in [9.17, 15) is 4.79 Å². The van der Waals surface area contributed by atoms with Gasteiger partial charge in [-0.15, -0.1) is 0 Å². The monoisotopic (exact) mass is 359 g/mol. The predicted molar refractivity (Wildman–Crippen MR) is 105 cm³/mol. The number of fused-ring (bicyclic) bond motifs is 1.